The zero-order valence-electron chi connectivity index (χ0n) is 16.0. The van der Waals surface area contributed by atoms with Crippen LogP contribution in [0, 0.1) is 0 Å². The van der Waals surface area contributed by atoms with Gasteiger partial charge in [0, 0.05) is 31.9 Å². The van der Waals surface area contributed by atoms with E-state index in [1.165, 1.54) is 11.4 Å². The number of anilines is 2. The fourth-order valence-electron chi connectivity index (χ4n) is 2.54. The smallest absolute Gasteiger partial charge is 0.251 e. The zero-order valence-corrected chi connectivity index (χ0v) is 16.8. The molecule has 2 rings (SSSR count). The molecular formula is C19H25N3O4S. The van der Waals surface area contributed by atoms with Gasteiger partial charge in [-0.1, -0.05) is 6.07 Å². The third-order valence-electron chi connectivity index (χ3n) is 3.99. The maximum Gasteiger partial charge on any atom is 0.251 e. The van der Waals surface area contributed by atoms with Crippen molar-refractivity contribution in [2.24, 2.45) is 0 Å². The van der Waals surface area contributed by atoms with Crippen LogP contribution in [0.5, 0.6) is 5.75 Å². The fraction of sp³-hybridized carbons (Fsp3) is 0.316. The van der Waals surface area contributed by atoms with Crippen LogP contribution in [0.1, 0.15) is 10.4 Å². The molecule has 0 saturated heterocycles. The lowest BCUT2D eigenvalue weighted by Gasteiger charge is -2.23. The van der Waals surface area contributed by atoms with Gasteiger partial charge in [0.1, 0.15) is 5.75 Å². The number of carbonyl (C=O) groups excluding carboxylic acids is 1. The number of nitrogens with one attached hydrogen (secondary N) is 1. The molecule has 27 heavy (non-hydrogen) atoms. The summed E-state index contributed by atoms with van der Waals surface area (Å²) in [7, 11) is 1.88. The summed E-state index contributed by atoms with van der Waals surface area (Å²) >= 11 is 0. The van der Waals surface area contributed by atoms with Crippen molar-refractivity contribution < 1.29 is 17.9 Å². The molecule has 8 heteroatoms. The van der Waals surface area contributed by atoms with Gasteiger partial charge in [-0.05, 0) is 42.5 Å². The highest BCUT2D eigenvalue weighted by molar-refractivity contribution is 7.92. The number of hydrogen-bond acceptors (Lipinski definition) is 5. The molecule has 1 N–H and O–H groups in total. The third kappa shape index (κ3) is 5.62. The first-order chi connectivity index (χ1) is 12.7. The lowest BCUT2D eigenvalue weighted by molar-refractivity contribution is 0.0954. The molecule has 146 valence electrons. The topological polar surface area (TPSA) is 79.0 Å². The van der Waals surface area contributed by atoms with Crippen LogP contribution in [0.3, 0.4) is 0 Å². The Kier molecular flexibility index (Phi) is 6.68. The van der Waals surface area contributed by atoms with E-state index in [4.69, 9.17) is 4.74 Å². The minimum atomic E-state index is -3.48. The standard InChI is InChI=1S/C19H25N3O4S/c1-21(2)16-8-10-17(11-9-16)22(27(4,24)25)13-12-20-19(23)15-6-5-7-18(14-15)26-3/h5-11,14H,12-13H2,1-4H3,(H,20,23). The van der Waals surface area contributed by atoms with Gasteiger partial charge in [0.25, 0.3) is 5.91 Å². The van der Waals surface area contributed by atoms with Crippen LogP contribution in [0.4, 0.5) is 11.4 Å². The maximum atomic E-state index is 12.3. The summed E-state index contributed by atoms with van der Waals surface area (Å²) < 4.78 is 30.7. The Morgan fingerprint density at radius 1 is 1.07 bits per heavy atom. The number of carbonyl (C=O) groups is 1. The van der Waals surface area contributed by atoms with E-state index < -0.39 is 10.0 Å². The second-order valence-corrected chi connectivity index (χ2v) is 8.14. The van der Waals surface area contributed by atoms with Crippen molar-refractivity contribution in [1.82, 2.24) is 5.32 Å². The van der Waals surface area contributed by atoms with Crippen LogP contribution in [0.15, 0.2) is 48.5 Å². The Morgan fingerprint density at radius 3 is 2.26 bits per heavy atom. The molecular weight excluding hydrogens is 366 g/mol. The Hall–Kier alpha value is -2.74. The minimum absolute atomic E-state index is 0.135. The maximum absolute atomic E-state index is 12.3. The molecule has 0 unspecified atom stereocenters. The summed E-state index contributed by atoms with van der Waals surface area (Å²) in [6.45, 7) is 0.314. The van der Waals surface area contributed by atoms with Gasteiger partial charge in [-0.15, -0.1) is 0 Å². The van der Waals surface area contributed by atoms with E-state index in [1.54, 1.807) is 36.4 Å². The van der Waals surface area contributed by atoms with Gasteiger partial charge in [0.15, 0.2) is 0 Å². The summed E-state index contributed by atoms with van der Waals surface area (Å²) in [6, 6.07) is 14.0. The molecule has 0 bridgehead atoms. The molecule has 0 heterocycles. The molecule has 0 aliphatic heterocycles. The van der Waals surface area contributed by atoms with Crippen LogP contribution in [-0.4, -0.2) is 54.9 Å². The summed E-state index contributed by atoms with van der Waals surface area (Å²) in [5.41, 5.74) is 1.98. The van der Waals surface area contributed by atoms with E-state index in [1.807, 2.05) is 31.1 Å². The molecule has 0 saturated carbocycles. The first kappa shape index (κ1) is 20.6. The third-order valence-corrected chi connectivity index (χ3v) is 5.18. The average molecular weight is 391 g/mol. The van der Waals surface area contributed by atoms with Crippen molar-refractivity contribution in [2.45, 2.75) is 0 Å². The number of nitrogens with zero attached hydrogens (tertiary/aromatic N) is 2. The van der Waals surface area contributed by atoms with Gasteiger partial charge in [0.05, 0.1) is 25.6 Å². The van der Waals surface area contributed by atoms with Gasteiger partial charge >= 0.3 is 0 Å². The second-order valence-electron chi connectivity index (χ2n) is 6.23. The Balaban J connectivity index is 2.05. The SMILES string of the molecule is COc1cccc(C(=O)NCCN(c2ccc(N(C)C)cc2)S(C)(=O)=O)c1. The molecule has 0 spiro atoms. The predicted octanol–water partition coefficient (Wildman–Crippen LogP) is 1.96. The van der Waals surface area contributed by atoms with Crippen molar-refractivity contribution in [3.8, 4) is 5.75 Å². The molecule has 2 aromatic rings. The lowest BCUT2D eigenvalue weighted by Crippen LogP contribution is -2.38. The summed E-state index contributed by atoms with van der Waals surface area (Å²) in [5.74, 6) is 0.298. The molecule has 2 aromatic carbocycles. The average Bonchev–Trinajstić information content (AvgIpc) is 2.64. The molecule has 1 amide bonds. The van der Waals surface area contributed by atoms with Gasteiger partial charge in [-0.2, -0.15) is 0 Å². The monoisotopic (exact) mass is 391 g/mol. The molecule has 0 aliphatic rings. The molecule has 0 fully saturated rings. The number of rotatable bonds is 8. The summed E-state index contributed by atoms with van der Waals surface area (Å²) in [6.07, 6.45) is 1.15. The van der Waals surface area contributed by atoms with Gasteiger partial charge in [0.2, 0.25) is 10.0 Å². The van der Waals surface area contributed by atoms with Gasteiger partial charge in [-0.25, -0.2) is 8.42 Å². The second kappa shape index (κ2) is 8.77. The quantitative estimate of drug-likeness (QED) is 0.744. The molecule has 0 radical (unpaired) electrons. The van der Waals surface area contributed by atoms with Crippen LogP contribution in [0.2, 0.25) is 0 Å². The van der Waals surface area contributed by atoms with E-state index in [0.29, 0.717) is 17.0 Å². The van der Waals surface area contributed by atoms with Gasteiger partial charge < -0.3 is 15.0 Å². The number of methoxy groups -OCH3 is 1. The number of hydrogen-bond donors (Lipinski definition) is 1. The number of sulfonamides is 1. The predicted molar refractivity (Wildman–Crippen MR) is 108 cm³/mol. The Morgan fingerprint density at radius 2 is 1.70 bits per heavy atom. The van der Waals surface area contributed by atoms with Crippen LogP contribution in [-0.2, 0) is 10.0 Å². The lowest BCUT2D eigenvalue weighted by atomic mass is 10.2. The largest absolute Gasteiger partial charge is 0.497 e. The van der Waals surface area contributed by atoms with Crippen LogP contribution >= 0.6 is 0 Å². The normalized spacial score (nSPS) is 11.0. The summed E-state index contributed by atoms with van der Waals surface area (Å²) in [5, 5.41) is 2.74. The van der Waals surface area contributed by atoms with E-state index in [-0.39, 0.29) is 19.0 Å². The molecule has 0 aromatic heterocycles. The van der Waals surface area contributed by atoms with Crippen molar-refractivity contribution >= 4 is 27.3 Å². The highest BCUT2D eigenvalue weighted by Crippen LogP contribution is 2.21. The van der Waals surface area contributed by atoms with Gasteiger partial charge in [-0.3, -0.25) is 9.10 Å². The zero-order chi connectivity index (χ0) is 20.0. The van der Waals surface area contributed by atoms with Crippen molar-refractivity contribution in [1.29, 1.82) is 0 Å². The number of ether oxygens (including phenoxy) is 1. The first-order valence-corrected chi connectivity index (χ1v) is 10.2. The minimum Gasteiger partial charge on any atom is -0.497 e. The van der Waals surface area contributed by atoms with Crippen LogP contribution in [0.25, 0.3) is 0 Å². The first-order valence-electron chi connectivity index (χ1n) is 8.39. The van der Waals surface area contributed by atoms with E-state index in [9.17, 15) is 13.2 Å². The van der Waals surface area contributed by atoms with E-state index in [0.717, 1.165) is 11.9 Å². The number of amides is 1. The van der Waals surface area contributed by atoms with E-state index in [2.05, 4.69) is 5.32 Å². The highest BCUT2D eigenvalue weighted by Gasteiger charge is 2.18. The Bertz CT molecular complexity index is 880. The Labute approximate surface area is 160 Å². The molecule has 7 nitrogen and oxygen atoms in total. The fourth-order valence-corrected chi connectivity index (χ4v) is 3.47. The van der Waals surface area contributed by atoms with Crippen molar-refractivity contribution in [2.75, 3.05) is 49.8 Å². The van der Waals surface area contributed by atoms with Crippen molar-refractivity contribution in [3.63, 3.8) is 0 Å². The number of benzene rings is 2. The summed E-state index contributed by atoms with van der Waals surface area (Å²) in [4.78, 5) is 14.2. The highest BCUT2D eigenvalue weighted by atomic mass is 32.2. The molecule has 0 aliphatic carbocycles. The molecule has 0 atom stereocenters. The van der Waals surface area contributed by atoms with Crippen LogP contribution < -0.4 is 19.3 Å². The van der Waals surface area contributed by atoms with Crippen molar-refractivity contribution in [3.05, 3.63) is 54.1 Å². The van der Waals surface area contributed by atoms with E-state index >= 15 is 0 Å².